The average Bonchev–Trinajstić information content (AvgIpc) is 3.14. The zero-order valence-corrected chi connectivity index (χ0v) is 34.0. The molecule has 0 heterocycles. The van der Waals surface area contributed by atoms with Crippen LogP contribution in [0.1, 0.15) is 142 Å². The lowest BCUT2D eigenvalue weighted by Crippen LogP contribution is -2.27. The molecule has 0 bridgehead atoms. The van der Waals surface area contributed by atoms with Gasteiger partial charge < -0.3 is 25.2 Å². The summed E-state index contributed by atoms with van der Waals surface area (Å²) in [6.45, 7) is 3.91. The monoisotopic (exact) mass is 764 g/mol. The highest BCUT2D eigenvalue weighted by molar-refractivity contribution is 7.47. The van der Waals surface area contributed by atoms with Crippen LogP contribution in [0.3, 0.4) is 0 Å². The lowest BCUT2D eigenvalue weighted by molar-refractivity contribution is -0.153. The number of ether oxygens (including phenoxy) is 2. The van der Waals surface area contributed by atoms with E-state index in [2.05, 4.69) is 44.2 Å². The van der Waals surface area contributed by atoms with E-state index >= 15 is 0 Å². The van der Waals surface area contributed by atoms with Crippen molar-refractivity contribution in [3.8, 4) is 0 Å². The average molecular weight is 764 g/mol. The van der Waals surface area contributed by atoms with Gasteiger partial charge in [-0.05, 0) is 57.4 Å². The second-order valence-electron chi connectivity index (χ2n) is 13.0. The zero-order chi connectivity index (χ0) is 38.9. The van der Waals surface area contributed by atoms with Gasteiger partial charge in [-0.25, -0.2) is 4.57 Å². The molecule has 0 aliphatic carbocycles. The van der Waals surface area contributed by atoms with E-state index in [9.17, 15) is 19.4 Å². The number of rotatable bonds is 37. The van der Waals surface area contributed by atoms with Crippen molar-refractivity contribution in [2.24, 2.45) is 5.73 Å². The number of hydrogen-bond acceptors (Lipinski definition) is 8. The molecule has 9 nitrogen and oxygen atoms in total. The number of aliphatic hydroxyl groups is 1. The molecule has 3 atom stereocenters. The van der Waals surface area contributed by atoms with Crippen LogP contribution in [-0.4, -0.2) is 54.5 Å². The molecule has 0 saturated heterocycles. The molecule has 0 amide bonds. The fourth-order valence-corrected chi connectivity index (χ4v) is 5.78. The number of esters is 1. The minimum Gasteiger partial charge on any atom is -0.498 e. The highest BCUT2D eigenvalue weighted by Crippen LogP contribution is 2.43. The van der Waals surface area contributed by atoms with E-state index in [1.54, 1.807) is 12.3 Å². The number of carbonyl (C=O) groups is 1. The van der Waals surface area contributed by atoms with Gasteiger partial charge in [0.2, 0.25) is 0 Å². The van der Waals surface area contributed by atoms with Gasteiger partial charge in [-0.3, -0.25) is 13.8 Å². The lowest BCUT2D eigenvalue weighted by atomic mass is 10.0. The molecule has 0 rings (SSSR count). The second-order valence-corrected chi connectivity index (χ2v) is 14.5. The molecule has 0 aromatic carbocycles. The Labute approximate surface area is 322 Å². The Morgan fingerprint density at radius 2 is 1.30 bits per heavy atom. The van der Waals surface area contributed by atoms with Crippen molar-refractivity contribution in [3.63, 3.8) is 0 Å². The second kappa shape index (κ2) is 39.2. The minimum absolute atomic E-state index is 0.0126. The summed E-state index contributed by atoms with van der Waals surface area (Å²) in [4.78, 5) is 22.4. The Balaban J connectivity index is 4.32. The van der Waals surface area contributed by atoms with E-state index < -0.39 is 26.0 Å². The summed E-state index contributed by atoms with van der Waals surface area (Å²) in [5, 5.41) is 9.83. The number of unbranched alkanes of at least 4 members (excludes halogenated alkanes) is 12. The lowest BCUT2D eigenvalue weighted by Gasteiger charge is -2.19. The van der Waals surface area contributed by atoms with Gasteiger partial charge in [-0.15, -0.1) is 0 Å². The summed E-state index contributed by atoms with van der Waals surface area (Å²) < 4.78 is 33.0. The number of phosphoric acid groups is 1. The van der Waals surface area contributed by atoms with Crippen LogP contribution in [0.25, 0.3) is 0 Å². The molecule has 0 aromatic rings. The minimum atomic E-state index is -4.32. The van der Waals surface area contributed by atoms with Crippen molar-refractivity contribution in [3.05, 3.63) is 85.3 Å². The maximum atomic E-state index is 12.5. The van der Waals surface area contributed by atoms with Crippen LogP contribution >= 0.6 is 7.82 Å². The van der Waals surface area contributed by atoms with Gasteiger partial charge in [0.25, 0.3) is 0 Å². The molecule has 0 saturated carbocycles. The predicted octanol–water partition coefficient (Wildman–Crippen LogP) is 11.1. The van der Waals surface area contributed by atoms with Crippen LogP contribution in [0.2, 0.25) is 0 Å². The third kappa shape index (κ3) is 39.0. The maximum Gasteiger partial charge on any atom is 0.472 e. The van der Waals surface area contributed by atoms with Crippen LogP contribution in [0, 0.1) is 0 Å². The normalized spacial score (nSPS) is 15.0. The first kappa shape index (κ1) is 50.5. The Morgan fingerprint density at radius 3 is 1.92 bits per heavy atom. The molecule has 53 heavy (non-hydrogen) atoms. The van der Waals surface area contributed by atoms with E-state index in [1.165, 1.54) is 70.6 Å². The summed E-state index contributed by atoms with van der Waals surface area (Å²) >= 11 is 0. The standard InChI is InChI=1S/C43H74NO8P/c1-3-5-7-8-9-10-11-12-16-19-22-25-28-32-37-49-39-42(40-51-53(47,48)50-38-36-44)52-43(46)35-31-27-24-21-18-15-13-14-17-20-23-26-30-34-41(45)33-29-6-4-2/h6,14-15,17-18,23-24,26-27,29-30,32,34,37,41-42,45H,3-5,7-13,16,19-22,25,28,31,33,35-36,38-40,44H2,1-2H3,(H,47,48)/b17-14-,18-15-,26-23+,27-24-,29-6-,34-30+,37-32+/t41?,42-/m1/s1. The van der Waals surface area contributed by atoms with E-state index in [-0.39, 0.29) is 32.8 Å². The van der Waals surface area contributed by atoms with Gasteiger partial charge in [0, 0.05) is 13.0 Å². The molecular weight excluding hydrogens is 689 g/mol. The van der Waals surface area contributed by atoms with Gasteiger partial charge in [0.1, 0.15) is 6.61 Å². The molecule has 0 spiro atoms. The molecule has 0 aliphatic rings. The van der Waals surface area contributed by atoms with E-state index in [0.29, 0.717) is 12.8 Å². The summed E-state index contributed by atoms with van der Waals surface area (Å²) in [5.41, 5.74) is 5.34. The molecule has 0 radical (unpaired) electrons. The van der Waals surface area contributed by atoms with Crippen LogP contribution in [0.5, 0.6) is 0 Å². The van der Waals surface area contributed by atoms with E-state index in [0.717, 1.165) is 38.5 Å². The highest BCUT2D eigenvalue weighted by atomic mass is 31.2. The first-order valence-corrected chi connectivity index (χ1v) is 21.7. The van der Waals surface area contributed by atoms with E-state index in [4.69, 9.17) is 24.3 Å². The van der Waals surface area contributed by atoms with Crippen molar-refractivity contribution >= 4 is 13.8 Å². The third-order valence-electron chi connectivity index (χ3n) is 7.98. The summed E-state index contributed by atoms with van der Waals surface area (Å²) in [7, 11) is -4.32. The molecule has 0 aliphatic heterocycles. The molecule has 2 unspecified atom stereocenters. The Morgan fingerprint density at radius 1 is 0.698 bits per heavy atom. The van der Waals surface area contributed by atoms with Gasteiger partial charge in [-0.1, -0.05) is 157 Å². The third-order valence-corrected chi connectivity index (χ3v) is 8.97. The molecular formula is C43H74NO8P. The number of carbonyl (C=O) groups excluding carboxylic acids is 1. The van der Waals surface area contributed by atoms with Crippen molar-refractivity contribution in [2.75, 3.05) is 26.4 Å². The van der Waals surface area contributed by atoms with Crippen LogP contribution in [0.4, 0.5) is 0 Å². The quantitative estimate of drug-likeness (QED) is 0.0141. The number of allylic oxidation sites excluding steroid dienone is 11. The largest absolute Gasteiger partial charge is 0.498 e. The fourth-order valence-electron chi connectivity index (χ4n) is 5.01. The number of hydrogen-bond donors (Lipinski definition) is 3. The molecule has 0 fully saturated rings. The fraction of sp³-hybridized carbons (Fsp3) is 0.651. The summed E-state index contributed by atoms with van der Waals surface area (Å²) in [6.07, 6.45) is 47.5. The van der Waals surface area contributed by atoms with Crippen molar-refractivity contribution in [1.29, 1.82) is 0 Å². The van der Waals surface area contributed by atoms with Gasteiger partial charge in [-0.2, -0.15) is 0 Å². The Bertz CT molecular complexity index is 1100. The predicted molar refractivity (Wildman–Crippen MR) is 220 cm³/mol. The van der Waals surface area contributed by atoms with E-state index in [1.807, 2.05) is 42.5 Å². The van der Waals surface area contributed by atoms with Gasteiger partial charge in [0.15, 0.2) is 6.10 Å². The van der Waals surface area contributed by atoms with Crippen molar-refractivity contribution in [1.82, 2.24) is 0 Å². The highest BCUT2D eigenvalue weighted by Gasteiger charge is 2.25. The molecule has 0 aromatic heterocycles. The van der Waals surface area contributed by atoms with Crippen molar-refractivity contribution in [2.45, 2.75) is 154 Å². The van der Waals surface area contributed by atoms with Gasteiger partial charge >= 0.3 is 13.8 Å². The molecule has 10 heteroatoms. The topological polar surface area (TPSA) is 138 Å². The van der Waals surface area contributed by atoms with Crippen molar-refractivity contribution < 1.29 is 37.9 Å². The zero-order valence-electron chi connectivity index (χ0n) is 33.1. The number of aliphatic hydroxyl groups excluding tert-OH is 1. The maximum absolute atomic E-state index is 12.5. The molecule has 304 valence electrons. The van der Waals surface area contributed by atoms with Crippen LogP contribution < -0.4 is 5.73 Å². The number of nitrogens with two attached hydrogens (primary N) is 1. The number of phosphoric ester groups is 1. The first-order valence-electron chi connectivity index (χ1n) is 20.2. The SMILES string of the molecule is CC/C=C\CC(O)/C=C/C=C/C/C=C\C/C=C\C/C=C\CCC(=O)O[C@H](CO/C=C/CCCCCCCCCCCCCC)COP(=O)(O)OCCN. The first-order chi connectivity index (χ1) is 25.8. The van der Waals surface area contributed by atoms with Crippen LogP contribution in [-0.2, 0) is 27.9 Å². The van der Waals surface area contributed by atoms with Crippen LogP contribution in [0.15, 0.2) is 85.3 Å². The summed E-state index contributed by atoms with van der Waals surface area (Å²) in [5.74, 6) is -0.450. The molecule has 4 N–H and O–H groups in total. The Kier molecular flexibility index (Phi) is 37.3. The summed E-state index contributed by atoms with van der Waals surface area (Å²) in [6, 6.07) is 0. The smallest absolute Gasteiger partial charge is 0.472 e. The van der Waals surface area contributed by atoms with Gasteiger partial charge in [0.05, 0.1) is 25.6 Å². The Hall–Kier alpha value is -2.52.